The van der Waals surface area contributed by atoms with Crippen molar-refractivity contribution >= 4 is 17.7 Å². The Morgan fingerprint density at radius 1 is 1.62 bits per heavy atom. The van der Waals surface area contributed by atoms with Gasteiger partial charge in [0.25, 0.3) is 0 Å². The average molecular weight is 240 g/mol. The predicted molar refractivity (Wildman–Crippen MR) is 64.4 cm³/mol. The van der Waals surface area contributed by atoms with Crippen molar-refractivity contribution in [3.05, 3.63) is 23.9 Å². The van der Waals surface area contributed by atoms with E-state index < -0.39 is 0 Å². The van der Waals surface area contributed by atoms with Crippen LogP contribution in [0.4, 0.5) is 0 Å². The maximum Gasteiger partial charge on any atom is 0.306 e. The molecule has 1 rings (SSSR count). The molecule has 0 radical (unpaired) electrons. The van der Waals surface area contributed by atoms with Crippen LogP contribution in [0.15, 0.2) is 23.4 Å². The van der Waals surface area contributed by atoms with Crippen LogP contribution in [-0.4, -0.2) is 30.9 Å². The normalized spacial score (nSPS) is 10.1. The highest BCUT2D eigenvalue weighted by Crippen LogP contribution is 2.20. The standard InChI is InChI=1S/C11H16N2O2S/c1-12-8-9-4-3-6-13-11(9)16-7-5-10(14)15-2/h3-4,6,12H,5,7-8H2,1-2H3. The molecular formula is C11H16N2O2S. The van der Waals surface area contributed by atoms with E-state index in [1.165, 1.54) is 7.11 Å². The van der Waals surface area contributed by atoms with Gasteiger partial charge in [-0.05, 0) is 18.7 Å². The van der Waals surface area contributed by atoms with E-state index in [-0.39, 0.29) is 5.97 Å². The van der Waals surface area contributed by atoms with Crippen LogP contribution in [0.1, 0.15) is 12.0 Å². The number of esters is 1. The molecule has 0 aliphatic carbocycles. The number of ether oxygens (including phenoxy) is 1. The topological polar surface area (TPSA) is 51.2 Å². The molecule has 0 atom stereocenters. The highest BCUT2D eigenvalue weighted by Gasteiger charge is 2.05. The summed E-state index contributed by atoms with van der Waals surface area (Å²) in [6, 6.07) is 3.95. The third-order valence-corrected chi connectivity index (χ3v) is 3.04. The maximum atomic E-state index is 10.9. The molecule has 0 aromatic carbocycles. The highest BCUT2D eigenvalue weighted by molar-refractivity contribution is 7.99. The van der Waals surface area contributed by atoms with Gasteiger partial charge in [0.15, 0.2) is 0 Å². The van der Waals surface area contributed by atoms with Crippen LogP contribution >= 0.6 is 11.8 Å². The minimum absolute atomic E-state index is 0.182. The molecule has 16 heavy (non-hydrogen) atoms. The van der Waals surface area contributed by atoms with Crippen LogP contribution in [0.2, 0.25) is 0 Å². The zero-order valence-corrected chi connectivity index (χ0v) is 10.3. The summed E-state index contributed by atoms with van der Waals surface area (Å²) in [7, 11) is 3.30. The molecule has 0 aliphatic rings. The fourth-order valence-corrected chi connectivity index (χ4v) is 2.14. The van der Waals surface area contributed by atoms with Gasteiger partial charge in [0.05, 0.1) is 13.5 Å². The summed E-state index contributed by atoms with van der Waals surface area (Å²) in [5.41, 5.74) is 1.15. The molecule has 88 valence electrons. The third kappa shape index (κ3) is 4.20. The molecule has 0 aliphatic heterocycles. The Labute approximate surface area is 99.8 Å². The first kappa shape index (κ1) is 13.0. The predicted octanol–water partition coefficient (Wildman–Crippen LogP) is 1.46. The summed E-state index contributed by atoms with van der Waals surface area (Å²) in [6.45, 7) is 0.786. The Balaban J connectivity index is 2.49. The van der Waals surface area contributed by atoms with E-state index in [9.17, 15) is 4.79 Å². The van der Waals surface area contributed by atoms with Crippen molar-refractivity contribution in [1.82, 2.24) is 10.3 Å². The Hall–Kier alpha value is -1.07. The number of carbonyl (C=O) groups is 1. The Morgan fingerprint density at radius 3 is 3.12 bits per heavy atom. The molecule has 0 unspecified atom stereocenters. The Bertz CT molecular complexity index is 345. The number of thioether (sulfide) groups is 1. The van der Waals surface area contributed by atoms with Gasteiger partial charge in [0.2, 0.25) is 0 Å². The molecule has 0 amide bonds. The second kappa shape index (κ2) is 7.24. The number of methoxy groups -OCH3 is 1. The van der Waals surface area contributed by atoms with Crippen molar-refractivity contribution in [3.8, 4) is 0 Å². The molecular weight excluding hydrogens is 224 g/mol. The zero-order valence-electron chi connectivity index (χ0n) is 9.53. The molecule has 0 fully saturated rings. The van der Waals surface area contributed by atoms with Gasteiger partial charge >= 0.3 is 5.97 Å². The van der Waals surface area contributed by atoms with Gasteiger partial charge in [-0.25, -0.2) is 4.98 Å². The van der Waals surface area contributed by atoms with E-state index in [1.807, 2.05) is 19.2 Å². The van der Waals surface area contributed by atoms with Crippen molar-refractivity contribution in [1.29, 1.82) is 0 Å². The fourth-order valence-electron chi connectivity index (χ4n) is 1.21. The first-order valence-electron chi connectivity index (χ1n) is 5.06. The first-order chi connectivity index (χ1) is 7.77. The molecule has 1 heterocycles. The lowest BCUT2D eigenvalue weighted by Gasteiger charge is -2.06. The highest BCUT2D eigenvalue weighted by atomic mass is 32.2. The summed E-state index contributed by atoms with van der Waals surface area (Å²) >= 11 is 1.58. The number of nitrogens with zero attached hydrogens (tertiary/aromatic N) is 1. The van der Waals surface area contributed by atoms with Crippen molar-refractivity contribution in [2.24, 2.45) is 0 Å². The summed E-state index contributed by atoms with van der Waals surface area (Å²) in [5, 5.41) is 4.06. The maximum absolute atomic E-state index is 10.9. The second-order valence-electron chi connectivity index (χ2n) is 3.17. The van der Waals surface area contributed by atoms with Crippen molar-refractivity contribution in [3.63, 3.8) is 0 Å². The summed E-state index contributed by atoms with van der Waals surface area (Å²) in [5.74, 6) is 0.513. The van der Waals surface area contributed by atoms with Gasteiger partial charge in [-0.15, -0.1) is 11.8 Å². The Kier molecular flexibility index (Phi) is 5.88. The van der Waals surface area contributed by atoms with E-state index in [2.05, 4.69) is 15.0 Å². The number of nitrogens with one attached hydrogen (secondary N) is 1. The van der Waals surface area contributed by atoms with Crippen LogP contribution in [0.5, 0.6) is 0 Å². The van der Waals surface area contributed by atoms with Crippen molar-refractivity contribution < 1.29 is 9.53 Å². The third-order valence-electron chi connectivity index (χ3n) is 1.99. The smallest absolute Gasteiger partial charge is 0.306 e. The summed E-state index contributed by atoms with van der Waals surface area (Å²) in [6.07, 6.45) is 2.18. The minimum atomic E-state index is -0.182. The SMILES string of the molecule is CNCc1cccnc1SCCC(=O)OC. The molecule has 4 nitrogen and oxygen atoms in total. The van der Waals surface area contributed by atoms with E-state index in [0.29, 0.717) is 12.2 Å². The van der Waals surface area contributed by atoms with Crippen molar-refractivity contribution in [2.45, 2.75) is 18.0 Å². The minimum Gasteiger partial charge on any atom is -0.469 e. The van der Waals surface area contributed by atoms with Crippen molar-refractivity contribution in [2.75, 3.05) is 19.9 Å². The van der Waals surface area contributed by atoms with Crippen LogP contribution in [0.3, 0.4) is 0 Å². The van der Waals surface area contributed by atoms with E-state index >= 15 is 0 Å². The average Bonchev–Trinajstić information content (AvgIpc) is 2.31. The monoisotopic (exact) mass is 240 g/mol. The molecule has 0 saturated carbocycles. The molecule has 5 heteroatoms. The molecule has 0 saturated heterocycles. The summed E-state index contributed by atoms with van der Waals surface area (Å²) < 4.78 is 4.58. The van der Waals surface area contributed by atoms with Gasteiger partial charge in [-0.3, -0.25) is 4.79 Å². The van der Waals surface area contributed by atoms with Gasteiger partial charge in [-0.1, -0.05) is 6.07 Å². The number of hydrogen-bond acceptors (Lipinski definition) is 5. The molecule has 1 aromatic rings. The quantitative estimate of drug-likeness (QED) is 0.602. The number of hydrogen-bond donors (Lipinski definition) is 1. The second-order valence-corrected chi connectivity index (χ2v) is 4.26. The van der Waals surface area contributed by atoms with Gasteiger partial charge in [0, 0.05) is 18.5 Å². The zero-order chi connectivity index (χ0) is 11.8. The Morgan fingerprint density at radius 2 is 2.44 bits per heavy atom. The molecule has 1 aromatic heterocycles. The number of rotatable bonds is 6. The molecule has 0 bridgehead atoms. The summed E-state index contributed by atoms with van der Waals surface area (Å²) in [4.78, 5) is 15.2. The molecule has 0 spiro atoms. The number of pyridine rings is 1. The lowest BCUT2D eigenvalue weighted by Crippen LogP contribution is -2.07. The van der Waals surface area contributed by atoms with E-state index in [0.717, 1.165) is 17.1 Å². The molecule has 1 N–H and O–H groups in total. The lowest BCUT2D eigenvalue weighted by molar-refractivity contribution is -0.140. The number of aromatic nitrogens is 1. The van der Waals surface area contributed by atoms with E-state index in [1.54, 1.807) is 18.0 Å². The van der Waals surface area contributed by atoms with Crippen LogP contribution in [0, 0.1) is 0 Å². The van der Waals surface area contributed by atoms with Crippen LogP contribution < -0.4 is 5.32 Å². The number of carbonyl (C=O) groups excluding carboxylic acids is 1. The largest absolute Gasteiger partial charge is 0.469 e. The fraction of sp³-hybridized carbons (Fsp3) is 0.455. The van der Waals surface area contributed by atoms with Gasteiger partial charge in [-0.2, -0.15) is 0 Å². The van der Waals surface area contributed by atoms with Gasteiger partial charge < -0.3 is 10.1 Å². The van der Waals surface area contributed by atoms with Crippen LogP contribution in [-0.2, 0) is 16.1 Å². The van der Waals surface area contributed by atoms with Crippen LogP contribution in [0.25, 0.3) is 0 Å². The first-order valence-corrected chi connectivity index (χ1v) is 6.04. The van der Waals surface area contributed by atoms with Gasteiger partial charge in [0.1, 0.15) is 5.03 Å². The van der Waals surface area contributed by atoms with E-state index in [4.69, 9.17) is 0 Å². The lowest BCUT2D eigenvalue weighted by atomic mass is 10.3.